The van der Waals surface area contributed by atoms with Gasteiger partial charge in [-0.1, -0.05) is 19.9 Å². The van der Waals surface area contributed by atoms with E-state index in [2.05, 4.69) is 13.8 Å². The van der Waals surface area contributed by atoms with E-state index in [-0.39, 0.29) is 22.9 Å². The highest BCUT2D eigenvalue weighted by molar-refractivity contribution is 5.85. The smallest absolute Gasteiger partial charge is 0.330 e. The largest absolute Gasteiger partial charge is 0.478 e. The third-order valence-electron chi connectivity index (χ3n) is 9.68. The average Bonchev–Trinajstić information content (AvgIpc) is 2.87. The van der Waals surface area contributed by atoms with Crippen molar-refractivity contribution in [2.24, 2.45) is 34.5 Å². The lowest BCUT2D eigenvalue weighted by molar-refractivity contribution is -0.207. The minimum atomic E-state index is -0.850. The average molecular weight is 377 g/mol. The van der Waals surface area contributed by atoms with E-state index in [1.165, 1.54) is 0 Å². The van der Waals surface area contributed by atoms with Gasteiger partial charge in [0.15, 0.2) is 0 Å². The van der Waals surface area contributed by atoms with Crippen LogP contribution in [0.15, 0.2) is 11.6 Å². The SMILES string of the molecule is C/C(=C\[C@H]1CC[C@@]2(O)[C@@H]3CCC4CC(O)CC[C@]4(C)[C@H]3CC[C@]12C)C(=O)O. The fourth-order valence-corrected chi connectivity index (χ4v) is 7.88. The molecule has 4 heteroatoms. The number of rotatable bonds is 2. The monoisotopic (exact) mass is 376 g/mol. The Morgan fingerprint density at radius 3 is 2.44 bits per heavy atom. The van der Waals surface area contributed by atoms with Crippen LogP contribution in [0.4, 0.5) is 0 Å². The Labute approximate surface area is 163 Å². The molecule has 4 aliphatic rings. The quantitative estimate of drug-likeness (QED) is 0.633. The van der Waals surface area contributed by atoms with Gasteiger partial charge >= 0.3 is 5.97 Å². The van der Waals surface area contributed by atoms with Crippen LogP contribution in [0.5, 0.6) is 0 Å². The van der Waals surface area contributed by atoms with Gasteiger partial charge in [-0.05, 0) is 93.8 Å². The Morgan fingerprint density at radius 2 is 1.74 bits per heavy atom. The molecule has 4 fully saturated rings. The fraction of sp³-hybridized carbons (Fsp3) is 0.870. The zero-order chi connectivity index (χ0) is 19.6. The molecule has 0 saturated heterocycles. The molecule has 4 rings (SSSR count). The van der Waals surface area contributed by atoms with E-state index in [4.69, 9.17) is 0 Å². The number of aliphatic hydroxyl groups excluding tert-OH is 1. The van der Waals surface area contributed by atoms with Crippen LogP contribution in [0.25, 0.3) is 0 Å². The number of fused-ring (bicyclic) bond motifs is 5. The Hall–Kier alpha value is -0.870. The maximum absolute atomic E-state index is 12.0. The van der Waals surface area contributed by atoms with E-state index in [0.717, 1.165) is 57.8 Å². The fourth-order valence-electron chi connectivity index (χ4n) is 7.88. The predicted octanol–water partition coefficient (Wildman–Crippen LogP) is 4.15. The molecule has 2 unspecified atom stereocenters. The summed E-state index contributed by atoms with van der Waals surface area (Å²) < 4.78 is 0. The molecule has 152 valence electrons. The van der Waals surface area contributed by atoms with Gasteiger partial charge in [-0.25, -0.2) is 4.79 Å². The Bertz CT molecular complexity index is 657. The van der Waals surface area contributed by atoms with Crippen molar-refractivity contribution in [1.29, 1.82) is 0 Å². The molecule has 0 spiro atoms. The lowest BCUT2D eigenvalue weighted by Crippen LogP contribution is -2.62. The lowest BCUT2D eigenvalue weighted by Gasteiger charge is -2.63. The van der Waals surface area contributed by atoms with E-state index >= 15 is 0 Å². The maximum Gasteiger partial charge on any atom is 0.330 e. The third-order valence-corrected chi connectivity index (χ3v) is 9.68. The minimum absolute atomic E-state index is 0.142. The zero-order valence-electron chi connectivity index (χ0n) is 17.1. The van der Waals surface area contributed by atoms with Crippen LogP contribution in [-0.4, -0.2) is 33.0 Å². The van der Waals surface area contributed by atoms with Crippen molar-refractivity contribution < 1.29 is 20.1 Å². The number of hydrogen-bond donors (Lipinski definition) is 3. The second-order valence-corrected chi connectivity index (χ2v) is 10.6. The van der Waals surface area contributed by atoms with Gasteiger partial charge in [-0.3, -0.25) is 0 Å². The zero-order valence-corrected chi connectivity index (χ0v) is 17.1. The van der Waals surface area contributed by atoms with Crippen molar-refractivity contribution in [2.45, 2.75) is 90.3 Å². The van der Waals surface area contributed by atoms with Crippen LogP contribution in [0, 0.1) is 34.5 Å². The van der Waals surface area contributed by atoms with Gasteiger partial charge in [0.25, 0.3) is 0 Å². The van der Waals surface area contributed by atoms with E-state index < -0.39 is 11.6 Å². The number of hydrogen-bond acceptors (Lipinski definition) is 3. The highest BCUT2D eigenvalue weighted by Crippen LogP contribution is 2.69. The maximum atomic E-state index is 12.0. The van der Waals surface area contributed by atoms with Crippen molar-refractivity contribution in [3.8, 4) is 0 Å². The molecule has 4 saturated carbocycles. The molecule has 27 heavy (non-hydrogen) atoms. The van der Waals surface area contributed by atoms with Crippen molar-refractivity contribution in [1.82, 2.24) is 0 Å². The Kier molecular flexibility index (Phi) is 4.55. The summed E-state index contributed by atoms with van der Waals surface area (Å²) in [5.74, 6) is 0.734. The molecular weight excluding hydrogens is 340 g/mol. The first kappa shape index (κ1) is 19.4. The van der Waals surface area contributed by atoms with Gasteiger partial charge < -0.3 is 15.3 Å². The third kappa shape index (κ3) is 2.66. The summed E-state index contributed by atoms with van der Waals surface area (Å²) in [6, 6.07) is 0. The van der Waals surface area contributed by atoms with E-state index in [9.17, 15) is 20.1 Å². The van der Waals surface area contributed by atoms with Crippen LogP contribution in [0.3, 0.4) is 0 Å². The summed E-state index contributed by atoms with van der Waals surface area (Å²) in [5.41, 5.74) is -0.253. The van der Waals surface area contributed by atoms with E-state index in [1.54, 1.807) is 6.92 Å². The molecule has 0 aromatic rings. The van der Waals surface area contributed by atoms with Gasteiger partial charge in [0.1, 0.15) is 0 Å². The van der Waals surface area contributed by atoms with Crippen LogP contribution in [0.1, 0.15) is 78.6 Å². The van der Waals surface area contributed by atoms with E-state index in [0.29, 0.717) is 23.3 Å². The molecule has 0 aliphatic heterocycles. The van der Waals surface area contributed by atoms with Crippen molar-refractivity contribution in [3.63, 3.8) is 0 Å². The highest BCUT2D eigenvalue weighted by Gasteiger charge is 2.66. The standard InChI is InChI=1S/C23H36O4/c1-14(20(25)26)12-16-6-11-23(27)19-5-4-15-13-17(24)7-9-21(15,2)18(19)8-10-22(16,23)3/h12,15-19,24,27H,4-11,13H2,1-3H3,(H,25,26)/b14-12+/t15?,16-,17?,18+,19-,21+,22-,23-/m1/s1. The minimum Gasteiger partial charge on any atom is -0.478 e. The molecule has 4 aliphatic carbocycles. The first-order valence-electron chi connectivity index (χ1n) is 10.9. The molecule has 8 atom stereocenters. The molecule has 3 N–H and O–H groups in total. The summed E-state index contributed by atoms with van der Waals surface area (Å²) in [6.45, 7) is 6.31. The second kappa shape index (κ2) is 6.32. The molecule has 0 radical (unpaired) electrons. The first-order valence-corrected chi connectivity index (χ1v) is 10.9. The number of carboxylic acid groups (broad SMARTS) is 1. The molecule has 0 heterocycles. The highest BCUT2D eigenvalue weighted by atomic mass is 16.4. The predicted molar refractivity (Wildman–Crippen MR) is 104 cm³/mol. The van der Waals surface area contributed by atoms with Crippen LogP contribution >= 0.6 is 0 Å². The molecule has 0 aromatic heterocycles. The second-order valence-electron chi connectivity index (χ2n) is 10.6. The molecule has 0 aromatic carbocycles. The number of allylic oxidation sites excluding steroid dienone is 1. The number of carboxylic acids is 1. The number of aliphatic hydroxyl groups is 2. The van der Waals surface area contributed by atoms with Crippen molar-refractivity contribution in [2.75, 3.05) is 0 Å². The van der Waals surface area contributed by atoms with Gasteiger partial charge in [0, 0.05) is 11.0 Å². The van der Waals surface area contributed by atoms with Gasteiger partial charge in [-0.15, -0.1) is 0 Å². The number of aliphatic carboxylic acids is 1. The summed E-state index contributed by atoms with van der Waals surface area (Å²) in [4.78, 5) is 11.3. The summed E-state index contributed by atoms with van der Waals surface area (Å²) in [5, 5.41) is 31.5. The summed E-state index contributed by atoms with van der Waals surface area (Å²) >= 11 is 0. The van der Waals surface area contributed by atoms with Crippen LogP contribution < -0.4 is 0 Å². The van der Waals surface area contributed by atoms with Crippen LogP contribution in [0.2, 0.25) is 0 Å². The van der Waals surface area contributed by atoms with Crippen LogP contribution in [-0.2, 0) is 4.79 Å². The summed E-state index contributed by atoms with van der Waals surface area (Å²) in [6.07, 6.45) is 10.6. The molecule has 0 bridgehead atoms. The van der Waals surface area contributed by atoms with Crippen molar-refractivity contribution in [3.05, 3.63) is 11.6 Å². The van der Waals surface area contributed by atoms with Gasteiger partial charge in [-0.2, -0.15) is 0 Å². The van der Waals surface area contributed by atoms with Crippen molar-refractivity contribution >= 4 is 5.97 Å². The molecular formula is C23H36O4. The van der Waals surface area contributed by atoms with E-state index in [1.807, 2.05) is 6.08 Å². The lowest BCUT2D eigenvalue weighted by atomic mass is 9.43. The Balaban J connectivity index is 1.64. The summed E-state index contributed by atoms with van der Waals surface area (Å²) in [7, 11) is 0. The normalized spacial score (nSPS) is 52.6. The molecule has 4 nitrogen and oxygen atoms in total. The first-order chi connectivity index (χ1) is 12.6. The molecule has 0 amide bonds. The Morgan fingerprint density at radius 1 is 1.00 bits per heavy atom. The van der Waals surface area contributed by atoms with Gasteiger partial charge in [0.05, 0.1) is 11.7 Å². The van der Waals surface area contributed by atoms with Gasteiger partial charge in [0.2, 0.25) is 0 Å². The topological polar surface area (TPSA) is 77.8 Å². The number of carbonyl (C=O) groups is 1.